The van der Waals surface area contributed by atoms with Crippen LogP contribution in [-0.4, -0.2) is 47.3 Å². The first-order valence-electron chi connectivity index (χ1n) is 6.02. The lowest BCUT2D eigenvalue weighted by Gasteiger charge is -2.24. The minimum Gasteiger partial charge on any atom is -0.497 e. The van der Waals surface area contributed by atoms with Gasteiger partial charge in [-0.15, -0.1) is 0 Å². The van der Waals surface area contributed by atoms with E-state index >= 15 is 0 Å². The van der Waals surface area contributed by atoms with Crippen LogP contribution < -0.4 is 10.1 Å². The number of rotatable bonds is 5. The number of methoxy groups -OCH3 is 1. The predicted molar refractivity (Wildman–Crippen MR) is 78.1 cm³/mol. The second kappa shape index (κ2) is 7.23. The van der Waals surface area contributed by atoms with Crippen molar-refractivity contribution in [1.29, 1.82) is 0 Å². The first kappa shape index (κ1) is 16.4. The summed E-state index contributed by atoms with van der Waals surface area (Å²) in [7, 11) is 2.03. The molecule has 2 atom stereocenters. The second-order valence-electron chi connectivity index (χ2n) is 4.51. The van der Waals surface area contributed by atoms with Gasteiger partial charge in [0.15, 0.2) is 0 Å². The van der Waals surface area contributed by atoms with E-state index in [0.29, 0.717) is 17.2 Å². The van der Waals surface area contributed by atoms with Gasteiger partial charge in [0, 0.05) is 53.7 Å². The monoisotopic (exact) mass is 302 g/mol. The summed E-state index contributed by atoms with van der Waals surface area (Å²) in [4.78, 5) is 13.4. The predicted octanol–water partition coefficient (Wildman–Crippen LogP) is 2.06. The number of halogens is 1. The molecule has 0 bridgehead atoms. The summed E-state index contributed by atoms with van der Waals surface area (Å²) in [5.74, 6) is 0.215. The van der Waals surface area contributed by atoms with Crippen LogP contribution in [0.15, 0.2) is 18.2 Å². The number of ether oxygens (including phenoxy) is 1. The van der Waals surface area contributed by atoms with Crippen molar-refractivity contribution < 1.29 is 18.1 Å². The number of urea groups is 1. The van der Waals surface area contributed by atoms with Crippen LogP contribution >= 0.6 is 0 Å². The Kier molecular flexibility index (Phi) is 5.94. The Morgan fingerprint density at radius 1 is 1.50 bits per heavy atom. The molecule has 5 nitrogen and oxygen atoms in total. The highest BCUT2D eigenvalue weighted by atomic mass is 32.2. The van der Waals surface area contributed by atoms with E-state index in [1.165, 1.54) is 30.2 Å². The molecule has 1 aromatic rings. The van der Waals surface area contributed by atoms with E-state index in [0.717, 1.165) is 0 Å². The number of hydrogen-bond donors (Lipinski definition) is 1. The SMILES string of the molecule is COc1cc(F)cc(NC(=O)N(C)C(C)CS(C)=O)c1. The summed E-state index contributed by atoms with van der Waals surface area (Å²) in [5, 5.41) is 2.58. The molecule has 0 aliphatic carbocycles. The van der Waals surface area contributed by atoms with E-state index in [1.807, 2.05) is 0 Å². The topological polar surface area (TPSA) is 58.6 Å². The molecule has 1 rings (SSSR count). The van der Waals surface area contributed by atoms with Crippen molar-refractivity contribution >= 4 is 22.5 Å². The lowest BCUT2D eigenvalue weighted by atomic mass is 10.3. The molecule has 1 N–H and O–H groups in total. The third-order valence-corrected chi connectivity index (χ3v) is 3.77. The van der Waals surface area contributed by atoms with Gasteiger partial charge < -0.3 is 15.0 Å². The summed E-state index contributed by atoms with van der Waals surface area (Å²) in [6.45, 7) is 1.80. The van der Waals surface area contributed by atoms with Crippen LogP contribution in [-0.2, 0) is 10.8 Å². The van der Waals surface area contributed by atoms with Crippen molar-refractivity contribution in [3.63, 3.8) is 0 Å². The molecule has 0 radical (unpaired) electrons. The van der Waals surface area contributed by atoms with Crippen LogP contribution in [0.2, 0.25) is 0 Å². The number of anilines is 1. The fourth-order valence-electron chi connectivity index (χ4n) is 1.62. The highest BCUT2D eigenvalue weighted by molar-refractivity contribution is 7.84. The first-order valence-corrected chi connectivity index (χ1v) is 7.74. The summed E-state index contributed by atoms with van der Waals surface area (Å²) in [6, 6.07) is 3.38. The highest BCUT2D eigenvalue weighted by Gasteiger charge is 2.17. The van der Waals surface area contributed by atoms with Crippen LogP contribution in [0.3, 0.4) is 0 Å². The van der Waals surface area contributed by atoms with Crippen LogP contribution in [0.4, 0.5) is 14.9 Å². The number of carbonyl (C=O) groups excluding carboxylic acids is 1. The van der Waals surface area contributed by atoms with Crippen LogP contribution in [0.25, 0.3) is 0 Å². The number of carbonyl (C=O) groups is 1. The lowest BCUT2D eigenvalue weighted by Crippen LogP contribution is -2.40. The maximum Gasteiger partial charge on any atom is 0.321 e. The quantitative estimate of drug-likeness (QED) is 0.906. The zero-order chi connectivity index (χ0) is 15.3. The molecule has 7 heteroatoms. The third-order valence-electron chi connectivity index (χ3n) is 2.82. The molecule has 20 heavy (non-hydrogen) atoms. The Morgan fingerprint density at radius 2 is 2.15 bits per heavy atom. The molecule has 0 saturated carbocycles. The van der Waals surface area contributed by atoms with Gasteiger partial charge in [0.1, 0.15) is 11.6 Å². The van der Waals surface area contributed by atoms with Gasteiger partial charge >= 0.3 is 6.03 Å². The minimum atomic E-state index is -0.990. The normalized spacial score (nSPS) is 13.4. The number of nitrogens with one attached hydrogen (secondary N) is 1. The molecule has 0 spiro atoms. The highest BCUT2D eigenvalue weighted by Crippen LogP contribution is 2.20. The Bertz CT molecular complexity index is 510. The molecule has 2 unspecified atom stereocenters. The first-order chi connectivity index (χ1) is 9.33. The third kappa shape index (κ3) is 4.80. The molecular weight excluding hydrogens is 283 g/mol. The maximum atomic E-state index is 13.3. The second-order valence-corrected chi connectivity index (χ2v) is 5.99. The van der Waals surface area contributed by atoms with Crippen LogP contribution in [0, 0.1) is 5.82 Å². The summed E-state index contributed by atoms with van der Waals surface area (Å²) < 4.78 is 29.4. The van der Waals surface area contributed by atoms with Crippen molar-refractivity contribution in [2.75, 3.05) is 31.5 Å². The standard InChI is InChI=1S/C13H19FN2O3S/c1-9(8-20(4)18)16(2)13(17)15-11-5-10(14)6-12(7-11)19-3/h5-7,9H,8H2,1-4H3,(H,15,17). The fourth-order valence-corrected chi connectivity index (χ4v) is 2.52. The number of hydrogen-bond acceptors (Lipinski definition) is 3. The van der Waals surface area contributed by atoms with Gasteiger partial charge in [-0.05, 0) is 13.0 Å². The van der Waals surface area contributed by atoms with Gasteiger partial charge in [-0.2, -0.15) is 0 Å². The summed E-state index contributed by atoms with van der Waals surface area (Å²) in [6.07, 6.45) is 1.58. The van der Waals surface area contributed by atoms with E-state index < -0.39 is 22.6 Å². The Morgan fingerprint density at radius 3 is 2.70 bits per heavy atom. The zero-order valence-electron chi connectivity index (χ0n) is 12.0. The van der Waals surface area contributed by atoms with Crippen molar-refractivity contribution in [2.24, 2.45) is 0 Å². The van der Waals surface area contributed by atoms with E-state index in [-0.39, 0.29) is 6.04 Å². The Labute approximate surface area is 120 Å². The lowest BCUT2D eigenvalue weighted by molar-refractivity contribution is 0.212. The van der Waals surface area contributed by atoms with Gasteiger partial charge in [0.25, 0.3) is 0 Å². The van der Waals surface area contributed by atoms with Crippen molar-refractivity contribution in [3.8, 4) is 5.75 Å². The number of benzene rings is 1. The minimum absolute atomic E-state index is 0.184. The molecule has 0 fully saturated rings. The molecule has 0 aromatic heterocycles. The van der Waals surface area contributed by atoms with Gasteiger partial charge in [-0.1, -0.05) is 0 Å². The zero-order valence-corrected chi connectivity index (χ0v) is 12.8. The summed E-state index contributed by atoms with van der Waals surface area (Å²) in [5.41, 5.74) is 0.309. The molecule has 0 saturated heterocycles. The van der Waals surface area contributed by atoms with E-state index in [1.54, 1.807) is 20.2 Å². The van der Waals surface area contributed by atoms with Crippen molar-refractivity contribution in [3.05, 3.63) is 24.0 Å². The Balaban J connectivity index is 2.74. The van der Waals surface area contributed by atoms with Gasteiger partial charge in [-0.25, -0.2) is 9.18 Å². The molecule has 1 aromatic carbocycles. The largest absolute Gasteiger partial charge is 0.497 e. The Hall–Kier alpha value is -1.63. The average Bonchev–Trinajstić information content (AvgIpc) is 2.36. The molecule has 0 heterocycles. The van der Waals surface area contributed by atoms with Crippen molar-refractivity contribution in [1.82, 2.24) is 4.90 Å². The number of amides is 2. The maximum absolute atomic E-state index is 13.3. The van der Waals surface area contributed by atoms with Crippen LogP contribution in [0.1, 0.15) is 6.92 Å². The van der Waals surface area contributed by atoms with Crippen molar-refractivity contribution in [2.45, 2.75) is 13.0 Å². The fraction of sp³-hybridized carbons (Fsp3) is 0.462. The molecule has 2 amide bonds. The van der Waals surface area contributed by atoms with Gasteiger partial charge in [-0.3, -0.25) is 4.21 Å². The molecule has 0 aliphatic heterocycles. The van der Waals surface area contributed by atoms with E-state index in [2.05, 4.69) is 5.32 Å². The average molecular weight is 302 g/mol. The molecule has 112 valence electrons. The smallest absolute Gasteiger partial charge is 0.321 e. The summed E-state index contributed by atoms with van der Waals surface area (Å²) >= 11 is 0. The van der Waals surface area contributed by atoms with Crippen LogP contribution in [0.5, 0.6) is 5.75 Å². The van der Waals surface area contributed by atoms with Gasteiger partial charge in [0.05, 0.1) is 7.11 Å². The molecule has 0 aliphatic rings. The molecular formula is C13H19FN2O3S. The van der Waals surface area contributed by atoms with Gasteiger partial charge in [0.2, 0.25) is 0 Å². The van der Waals surface area contributed by atoms with E-state index in [4.69, 9.17) is 4.74 Å². The van der Waals surface area contributed by atoms with E-state index in [9.17, 15) is 13.4 Å². The number of nitrogens with zero attached hydrogens (tertiary/aromatic N) is 1.